The molecular weight excluding hydrogens is 285 g/mol. The molecule has 0 fully saturated rings. The standard InChI is InChI=1S/C14H11ClFNOS/c15-10-4-2-5-11(7-10)18-8-9-3-1-6-12(13(9)16)14(17)19/h1-7H,8H2,(H2,17,19). The zero-order valence-corrected chi connectivity index (χ0v) is 11.5. The molecule has 98 valence electrons. The van der Waals surface area contributed by atoms with Gasteiger partial charge in [-0.15, -0.1) is 0 Å². The summed E-state index contributed by atoms with van der Waals surface area (Å²) in [5.41, 5.74) is 6.06. The van der Waals surface area contributed by atoms with E-state index in [9.17, 15) is 4.39 Å². The minimum Gasteiger partial charge on any atom is -0.489 e. The molecule has 0 amide bonds. The Morgan fingerprint density at radius 1 is 1.26 bits per heavy atom. The Hall–Kier alpha value is -1.65. The maximum Gasteiger partial charge on any atom is 0.139 e. The van der Waals surface area contributed by atoms with Crippen molar-refractivity contribution in [3.05, 3.63) is 64.4 Å². The Labute approximate surface area is 120 Å². The maximum atomic E-state index is 14.0. The van der Waals surface area contributed by atoms with Gasteiger partial charge in [0.1, 0.15) is 23.2 Å². The highest BCUT2D eigenvalue weighted by molar-refractivity contribution is 7.80. The lowest BCUT2D eigenvalue weighted by Crippen LogP contribution is -2.13. The minimum atomic E-state index is -0.447. The van der Waals surface area contributed by atoms with Gasteiger partial charge in [-0.05, 0) is 24.3 Å². The number of hydrogen-bond donors (Lipinski definition) is 1. The number of rotatable bonds is 4. The van der Waals surface area contributed by atoms with Gasteiger partial charge in [-0.25, -0.2) is 4.39 Å². The summed E-state index contributed by atoms with van der Waals surface area (Å²) in [6.07, 6.45) is 0. The summed E-state index contributed by atoms with van der Waals surface area (Å²) in [4.78, 5) is 0.0297. The highest BCUT2D eigenvalue weighted by Gasteiger charge is 2.10. The SMILES string of the molecule is NC(=S)c1cccc(COc2cccc(Cl)c2)c1F. The van der Waals surface area contributed by atoms with Gasteiger partial charge in [0.15, 0.2) is 0 Å². The second kappa shape index (κ2) is 5.99. The number of halogens is 2. The molecule has 2 rings (SSSR count). The van der Waals surface area contributed by atoms with Gasteiger partial charge in [-0.2, -0.15) is 0 Å². The Kier molecular flexibility index (Phi) is 4.35. The molecule has 2 aromatic rings. The Morgan fingerprint density at radius 3 is 2.68 bits per heavy atom. The molecule has 0 atom stereocenters. The van der Waals surface area contributed by atoms with Crippen LogP contribution in [0.3, 0.4) is 0 Å². The van der Waals surface area contributed by atoms with Crippen LogP contribution in [0.15, 0.2) is 42.5 Å². The quantitative estimate of drug-likeness (QED) is 0.874. The van der Waals surface area contributed by atoms with Crippen LogP contribution in [0, 0.1) is 5.82 Å². The first-order valence-corrected chi connectivity index (χ1v) is 6.32. The molecular formula is C14H11ClFNOS. The van der Waals surface area contributed by atoms with Crippen LogP contribution < -0.4 is 10.5 Å². The van der Waals surface area contributed by atoms with Crippen LogP contribution in [0.2, 0.25) is 5.02 Å². The summed E-state index contributed by atoms with van der Waals surface area (Å²) < 4.78 is 19.5. The smallest absolute Gasteiger partial charge is 0.139 e. The zero-order valence-electron chi connectivity index (χ0n) is 9.90. The van der Waals surface area contributed by atoms with E-state index >= 15 is 0 Å². The van der Waals surface area contributed by atoms with Gasteiger partial charge in [0.2, 0.25) is 0 Å². The van der Waals surface area contributed by atoms with Gasteiger partial charge in [0.25, 0.3) is 0 Å². The van der Waals surface area contributed by atoms with Crippen molar-refractivity contribution in [2.24, 2.45) is 5.73 Å². The van der Waals surface area contributed by atoms with Crippen LogP contribution in [0.25, 0.3) is 0 Å². The fourth-order valence-electron chi connectivity index (χ4n) is 1.60. The summed E-state index contributed by atoms with van der Waals surface area (Å²) in [5, 5.41) is 0.565. The van der Waals surface area contributed by atoms with E-state index in [1.54, 1.807) is 42.5 Å². The van der Waals surface area contributed by atoms with Gasteiger partial charge < -0.3 is 10.5 Å². The molecule has 0 saturated heterocycles. The molecule has 0 aliphatic rings. The molecule has 0 aromatic heterocycles. The largest absolute Gasteiger partial charge is 0.489 e. The van der Waals surface area contributed by atoms with Gasteiger partial charge >= 0.3 is 0 Å². The van der Waals surface area contributed by atoms with Crippen molar-refractivity contribution >= 4 is 28.8 Å². The number of hydrogen-bond acceptors (Lipinski definition) is 2. The van der Waals surface area contributed by atoms with Crippen molar-refractivity contribution in [1.29, 1.82) is 0 Å². The van der Waals surface area contributed by atoms with E-state index in [2.05, 4.69) is 0 Å². The average Bonchev–Trinajstić information content (AvgIpc) is 2.37. The molecule has 19 heavy (non-hydrogen) atoms. The normalized spacial score (nSPS) is 10.2. The van der Waals surface area contributed by atoms with Crippen LogP contribution >= 0.6 is 23.8 Å². The minimum absolute atomic E-state index is 0.0297. The fourth-order valence-corrected chi connectivity index (χ4v) is 1.94. The van der Waals surface area contributed by atoms with Gasteiger partial charge in [-0.3, -0.25) is 0 Å². The summed E-state index contributed by atoms with van der Waals surface area (Å²) >= 11 is 10.6. The molecule has 0 unspecified atom stereocenters. The summed E-state index contributed by atoms with van der Waals surface area (Å²) in [5.74, 6) is 0.129. The fraction of sp³-hybridized carbons (Fsp3) is 0.0714. The van der Waals surface area contributed by atoms with Crippen LogP contribution in [-0.2, 0) is 6.61 Å². The topological polar surface area (TPSA) is 35.2 Å². The van der Waals surface area contributed by atoms with Crippen molar-refractivity contribution in [3.8, 4) is 5.75 Å². The summed E-state index contributed by atoms with van der Waals surface area (Å²) in [6, 6.07) is 11.8. The van der Waals surface area contributed by atoms with E-state index in [0.717, 1.165) is 0 Å². The Morgan fingerprint density at radius 2 is 2.00 bits per heavy atom. The molecule has 0 radical (unpaired) electrons. The average molecular weight is 296 g/mol. The monoisotopic (exact) mass is 295 g/mol. The van der Waals surface area contributed by atoms with Crippen molar-refractivity contribution in [3.63, 3.8) is 0 Å². The van der Waals surface area contributed by atoms with E-state index in [4.69, 9.17) is 34.3 Å². The van der Waals surface area contributed by atoms with E-state index in [-0.39, 0.29) is 17.2 Å². The van der Waals surface area contributed by atoms with Gasteiger partial charge in [0.05, 0.1) is 0 Å². The van der Waals surface area contributed by atoms with E-state index < -0.39 is 5.82 Å². The third-order valence-corrected chi connectivity index (χ3v) is 2.99. The number of thiocarbonyl (C=S) groups is 1. The molecule has 2 aromatic carbocycles. The Balaban J connectivity index is 2.16. The van der Waals surface area contributed by atoms with E-state index in [1.165, 1.54) is 0 Å². The highest BCUT2D eigenvalue weighted by atomic mass is 35.5. The second-order valence-electron chi connectivity index (χ2n) is 3.89. The molecule has 0 heterocycles. The lowest BCUT2D eigenvalue weighted by Gasteiger charge is -2.09. The molecule has 0 aliphatic heterocycles. The van der Waals surface area contributed by atoms with Crippen LogP contribution in [0.5, 0.6) is 5.75 Å². The van der Waals surface area contributed by atoms with Crippen molar-refractivity contribution in [2.75, 3.05) is 0 Å². The molecule has 2 N–H and O–H groups in total. The van der Waals surface area contributed by atoms with E-state index in [0.29, 0.717) is 16.3 Å². The van der Waals surface area contributed by atoms with Crippen molar-refractivity contribution < 1.29 is 9.13 Å². The van der Waals surface area contributed by atoms with Crippen LogP contribution in [-0.4, -0.2) is 4.99 Å². The number of nitrogens with two attached hydrogens (primary N) is 1. The third kappa shape index (κ3) is 3.43. The second-order valence-corrected chi connectivity index (χ2v) is 4.77. The highest BCUT2D eigenvalue weighted by Crippen LogP contribution is 2.20. The van der Waals surface area contributed by atoms with Crippen LogP contribution in [0.1, 0.15) is 11.1 Å². The van der Waals surface area contributed by atoms with Crippen LogP contribution in [0.4, 0.5) is 4.39 Å². The maximum absolute atomic E-state index is 14.0. The predicted molar refractivity (Wildman–Crippen MR) is 78.1 cm³/mol. The zero-order chi connectivity index (χ0) is 13.8. The lowest BCUT2D eigenvalue weighted by atomic mass is 10.1. The summed E-state index contributed by atoms with van der Waals surface area (Å²) in [7, 11) is 0. The number of ether oxygens (including phenoxy) is 1. The number of benzene rings is 2. The molecule has 0 spiro atoms. The molecule has 0 saturated carbocycles. The van der Waals surface area contributed by atoms with Crippen molar-refractivity contribution in [2.45, 2.75) is 6.61 Å². The predicted octanol–water partition coefficient (Wildman–Crippen LogP) is 3.69. The van der Waals surface area contributed by atoms with Crippen molar-refractivity contribution in [1.82, 2.24) is 0 Å². The van der Waals surface area contributed by atoms with Gasteiger partial charge in [-0.1, -0.05) is 42.0 Å². The van der Waals surface area contributed by atoms with Gasteiger partial charge in [0, 0.05) is 16.1 Å². The lowest BCUT2D eigenvalue weighted by molar-refractivity contribution is 0.300. The Bertz CT molecular complexity index is 618. The molecule has 5 heteroatoms. The first-order chi connectivity index (χ1) is 9.08. The molecule has 2 nitrogen and oxygen atoms in total. The first-order valence-electron chi connectivity index (χ1n) is 5.53. The summed E-state index contributed by atoms with van der Waals surface area (Å²) in [6.45, 7) is 0.0859. The molecule has 0 bridgehead atoms. The van der Waals surface area contributed by atoms with E-state index in [1.807, 2.05) is 0 Å². The molecule has 0 aliphatic carbocycles. The third-order valence-electron chi connectivity index (χ3n) is 2.53. The first kappa shape index (κ1) is 13.8.